The highest BCUT2D eigenvalue weighted by Crippen LogP contribution is 2.14. The SMILES string of the molecule is C=CCc1cc(C(=O)O)oc1C=O. The standard InChI is InChI=1S/C9H8O4/c1-2-3-6-4-7(9(11)12)13-8(6)5-10/h2,4-5H,1,3H2,(H,11,12). The van der Waals surface area contributed by atoms with Gasteiger partial charge in [0.05, 0.1) is 0 Å². The van der Waals surface area contributed by atoms with Gasteiger partial charge in [0.2, 0.25) is 5.76 Å². The van der Waals surface area contributed by atoms with Crippen LogP contribution in [0.15, 0.2) is 23.1 Å². The molecule has 0 atom stereocenters. The highest BCUT2D eigenvalue weighted by Gasteiger charge is 2.13. The van der Waals surface area contributed by atoms with E-state index >= 15 is 0 Å². The van der Waals surface area contributed by atoms with Crippen molar-refractivity contribution < 1.29 is 19.1 Å². The summed E-state index contributed by atoms with van der Waals surface area (Å²) in [6.45, 7) is 3.48. The average Bonchev–Trinajstić information content (AvgIpc) is 2.48. The van der Waals surface area contributed by atoms with E-state index in [4.69, 9.17) is 9.52 Å². The Balaban J connectivity index is 3.10. The molecule has 4 heteroatoms. The first-order valence-corrected chi connectivity index (χ1v) is 3.61. The molecule has 0 amide bonds. The Labute approximate surface area is 74.5 Å². The molecule has 68 valence electrons. The van der Waals surface area contributed by atoms with Gasteiger partial charge in [-0.25, -0.2) is 4.79 Å². The summed E-state index contributed by atoms with van der Waals surface area (Å²) in [6, 6.07) is 1.33. The van der Waals surface area contributed by atoms with E-state index in [1.165, 1.54) is 6.07 Å². The number of allylic oxidation sites excluding steroid dienone is 1. The van der Waals surface area contributed by atoms with Crippen molar-refractivity contribution in [1.82, 2.24) is 0 Å². The number of rotatable bonds is 4. The number of hydrogen-bond acceptors (Lipinski definition) is 3. The maximum atomic E-state index is 10.5. The van der Waals surface area contributed by atoms with Crippen molar-refractivity contribution in [2.24, 2.45) is 0 Å². The zero-order valence-corrected chi connectivity index (χ0v) is 6.82. The smallest absolute Gasteiger partial charge is 0.371 e. The molecule has 1 N–H and O–H groups in total. The molecule has 0 saturated heterocycles. The van der Waals surface area contributed by atoms with E-state index in [1.807, 2.05) is 0 Å². The largest absolute Gasteiger partial charge is 0.475 e. The van der Waals surface area contributed by atoms with Gasteiger partial charge in [0.1, 0.15) is 0 Å². The lowest BCUT2D eigenvalue weighted by atomic mass is 10.2. The van der Waals surface area contributed by atoms with E-state index in [2.05, 4.69) is 6.58 Å². The Morgan fingerprint density at radius 2 is 2.38 bits per heavy atom. The van der Waals surface area contributed by atoms with E-state index in [-0.39, 0.29) is 11.5 Å². The van der Waals surface area contributed by atoms with Crippen LogP contribution in [0.1, 0.15) is 26.7 Å². The van der Waals surface area contributed by atoms with Gasteiger partial charge < -0.3 is 9.52 Å². The van der Waals surface area contributed by atoms with Crippen LogP contribution in [-0.2, 0) is 6.42 Å². The number of furan rings is 1. The molecule has 4 nitrogen and oxygen atoms in total. The number of carbonyl (C=O) groups is 2. The summed E-state index contributed by atoms with van der Waals surface area (Å²) in [4.78, 5) is 20.9. The molecule has 0 saturated carbocycles. The third-order valence-electron chi connectivity index (χ3n) is 1.52. The van der Waals surface area contributed by atoms with Gasteiger partial charge in [0, 0.05) is 5.56 Å². The third kappa shape index (κ3) is 1.84. The van der Waals surface area contributed by atoms with Crippen LogP contribution in [-0.4, -0.2) is 17.4 Å². The maximum absolute atomic E-state index is 10.5. The molecule has 0 radical (unpaired) electrons. The summed E-state index contributed by atoms with van der Waals surface area (Å²) in [5.41, 5.74) is 0.544. The van der Waals surface area contributed by atoms with Crippen LogP contribution in [0.5, 0.6) is 0 Å². The quantitative estimate of drug-likeness (QED) is 0.563. The molecule has 0 aliphatic carbocycles. The molecule has 1 aromatic rings. The van der Waals surface area contributed by atoms with Crippen molar-refractivity contribution in [3.05, 3.63) is 35.8 Å². The number of carboxylic acid groups (broad SMARTS) is 1. The van der Waals surface area contributed by atoms with Crippen molar-refractivity contribution >= 4 is 12.3 Å². The number of aldehydes is 1. The highest BCUT2D eigenvalue weighted by molar-refractivity contribution is 5.86. The number of carboxylic acids is 1. The predicted molar refractivity (Wildman–Crippen MR) is 45.0 cm³/mol. The molecule has 0 fully saturated rings. The molecular weight excluding hydrogens is 172 g/mol. The van der Waals surface area contributed by atoms with Gasteiger partial charge in [-0.05, 0) is 12.5 Å². The van der Waals surface area contributed by atoms with E-state index in [0.29, 0.717) is 18.3 Å². The van der Waals surface area contributed by atoms with Gasteiger partial charge in [-0.2, -0.15) is 0 Å². The van der Waals surface area contributed by atoms with Gasteiger partial charge in [-0.15, -0.1) is 6.58 Å². The Kier molecular flexibility index (Phi) is 2.64. The summed E-state index contributed by atoms with van der Waals surface area (Å²) in [7, 11) is 0. The molecule has 0 aliphatic heterocycles. The van der Waals surface area contributed by atoms with Crippen LogP contribution >= 0.6 is 0 Å². The lowest BCUT2D eigenvalue weighted by molar-refractivity contribution is 0.0661. The van der Waals surface area contributed by atoms with Crippen LogP contribution in [0, 0.1) is 0 Å². The molecule has 0 spiro atoms. The molecule has 1 rings (SSSR count). The molecule has 0 aromatic carbocycles. The second-order valence-corrected chi connectivity index (χ2v) is 2.42. The average molecular weight is 180 g/mol. The van der Waals surface area contributed by atoms with E-state index in [9.17, 15) is 9.59 Å². The number of aromatic carboxylic acids is 1. The Hall–Kier alpha value is -1.84. The van der Waals surface area contributed by atoms with E-state index in [0.717, 1.165) is 0 Å². The maximum Gasteiger partial charge on any atom is 0.371 e. The monoisotopic (exact) mass is 180 g/mol. The summed E-state index contributed by atoms with van der Waals surface area (Å²) < 4.78 is 4.76. The minimum absolute atomic E-state index is 0.0531. The fraction of sp³-hybridized carbons (Fsp3) is 0.111. The normalized spacial score (nSPS) is 9.54. The second kappa shape index (κ2) is 3.71. The predicted octanol–water partition coefficient (Wildman–Crippen LogP) is 1.52. The summed E-state index contributed by atoms with van der Waals surface area (Å²) in [5.74, 6) is -1.35. The van der Waals surface area contributed by atoms with Crippen LogP contribution in [0.25, 0.3) is 0 Å². The van der Waals surface area contributed by atoms with Crippen molar-refractivity contribution in [2.75, 3.05) is 0 Å². The van der Waals surface area contributed by atoms with E-state index < -0.39 is 5.97 Å². The van der Waals surface area contributed by atoms with Crippen LogP contribution < -0.4 is 0 Å². The summed E-state index contributed by atoms with van der Waals surface area (Å²) >= 11 is 0. The van der Waals surface area contributed by atoms with Crippen LogP contribution in [0.3, 0.4) is 0 Å². The lowest BCUT2D eigenvalue weighted by Crippen LogP contribution is -1.91. The first-order valence-electron chi connectivity index (χ1n) is 3.61. The molecule has 0 unspecified atom stereocenters. The molecular formula is C9H8O4. The van der Waals surface area contributed by atoms with Crippen LogP contribution in [0.2, 0.25) is 0 Å². The fourth-order valence-electron chi connectivity index (χ4n) is 0.963. The zero-order valence-electron chi connectivity index (χ0n) is 6.82. The van der Waals surface area contributed by atoms with Crippen molar-refractivity contribution in [1.29, 1.82) is 0 Å². The number of carbonyl (C=O) groups excluding carboxylic acids is 1. The number of hydrogen-bond donors (Lipinski definition) is 1. The van der Waals surface area contributed by atoms with Crippen molar-refractivity contribution in [2.45, 2.75) is 6.42 Å². The first kappa shape index (κ1) is 9.25. The highest BCUT2D eigenvalue weighted by atomic mass is 16.4. The van der Waals surface area contributed by atoms with Crippen molar-refractivity contribution in [3.8, 4) is 0 Å². The van der Waals surface area contributed by atoms with Gasteiger partial charge in [-0.1, -0.05) is 6.08 Å². The van der Waals surface area contributed by atoms with Gasteiger partial charge in [0.15, 0.2) is 12.0 Å². The van der Waals surface area contributed by atoms with Gasteiger partial charge in [0.25, 0.3) is 0 Å². The Bertz CT molecular complexity index is 348. The third-order valence-corrected chi connectivity index (χ3v) is 1.52. The topological polar surface area (TPSA) is 67.5 Å². The fourth-order valence-corrected chi connectivity index (χ4v) is 0.963. The lowest BCUT2D eigenvalue weighted by Gasteiger charge is -1.87. The Morgan fingerprint density at radius 1 is 1.69 bits per heavy atom. The van der Waals surface area contributed by atoms with Gasteiger partial charge >= 0.3 is 5.97 Å². The second-order valence-electron chi connectivity index (χ2n) is 2.42. The Morgan fingerprint density at radius 3 is 2.85 bits per heavy atom. The zero-order chi connectivity index (χ0) is 9.84. The molecule has 0 bridgehead atoms. The van der Waals surface area contributed by atoms with Crippen LogP contribution in [0.4, 0.5) is 0 Å². The van der Waals surface area contributed by atoms with E-state index in [1.54, 1.807) is 6.08 Å². The molecule has 0 aliphatic rings. The van der Waals surface area contributed by atoms with Crippen molar-refractivity contribution in [3.63, 3.8) is 0 Å². The summed E-state index contributed by atoms with van der Waals surface area (Å²) in [6.07, 6.45) is 2.49. The first-order chi connectivity index (χ1) is 6.19. The minimum atomic E-state index is -1.18. The molecule has 13 heavy (non-hydrogen) atoms. The van der Waals surface area contributed by atoms with Gasteiger partial charge in [-0.3, -0.25) is 4.79 Å². The molecule has 1 heterocycles. The molecule has 1 aromatic heterocycles. The minimum Gasteiger partial charge on any atom is -0.475 e. The summed E-state index contributed by atoms with van der Waals surface area (Å²) in [5, 5.41) is 8.55.